The van der Waals surface area contributed by atoms with E-state index in [1.54, 1.807) is 6.26 Å². The fraction of sp³-hybridized carbons (Fsp3) is 0.333. The van der Waals surface area contributed by atoms with Crippen LogP contribution in [-0.2, 0) is 9.53 Å². The first-order chi connectivity index (χ1) is 9.79. The number of thioether (sulfide) groups is 1. The molecule has 1 rings (SSSR count). The normalized spacial score (nSPS) is 18.4. The maximum absolute atomic E-state index is 12.1. The van der Waals surface area contributed by atoms with Crippen LogP contribution in [0.5, 0.6) is 0 Å². The molecule has 21 heavy (non-hydrogen) atoms. The maximum atomic E-state index is 12.1. The average molecular weight is 322 g/mol. The van der Waals surface area contributed by atoms with E-state index in [1.165, 1.54) is 18.4 Å². The van der Waals surface area contributed by atoms with Gasteiger partial charge in [-0.25, -0.2) is 0 Å². The van der Waals surface area contributed by atoms with Crippen molar-refractivity contribution in [2.24, 2.45) is 0 Å². The summed E-state index contributed by atoms with van der Waals surface area (Å²) in [6.45, 7) is -0.929. The van der Waals surface area contributed by atoms with Crippen molar-refractivity contribution in [3.05, 3.63) is 35.4 Å². The van der Waals surface area contributed by atoms with Gasteiger partial charge in [0.25, 0.3) is 0 Å². The molecule has 0 saturated heterocycles. The molecule has 116 valence electrons. The molecule has 0 bridgehead atoms. The number of carbonyl (C=O) groups excluding carboxylic acids is 1. The van der Waals surface area contributed by atoms with Gasteiger partial charge in [-0.1, -0.05) is 11.8 Å². The molecule has 0 amide bonds. The van der Waals surface area contributed by atoms with E-state index in [2.05, 4.69) is 5.32 Å². The van der Waals surface area contributed by atoms with Crippen LogP contribution in [0.4, 0.5) is 13.2 Å². The molecule has 0 fully saturated rings. The topological polar surface area (TPSA) is 82.4 Å². The second-order valence-corrected chi connectivity index (χ2v) is 4.64. The minimum atomic E-state index is -4.74. The van der Waals surface area contributed by atoms with Gasteiger partial charge in [0.05, 0.1) is 11.3 Å². The highest BCUT2D eigenvalue weighted by Crippen LogP contribution is 2.21. The van der Waals surface area contributed by atoms with Gasteiger partial charge in [-0.3, -0.25) is 4.79 Å². The number of halogens is 3. The van der Waals surface area contributed by atoms with Crippen LogP contribution in [0.1, 0.15) is 0 Å². The van der Waals surface area contributed by atoms with Gasteiger partial charge in [0.15, 0.2) is 6.10 Å². The van der Waals surface area contributed by atoms with Crippen molar-refractivity contribution in [3.8, 4) is 0 Å². The summed E-state index contributed by atoms with van der Waals surface area (Å²) in [7, 11) is 0. The van der Waals surface area contributed by atoms with Crippen LogP contribution in [0.2, 0.25) is 0 Å². The lowest BCUT2D eigenvalue weighted by molar-refractivity contribution is -0.214. The predicted octanol–water partition coefficient (Wildman–Crippen LogP) is 1.72. The van der Waals surface area contributed by atoms with E-state index < -0.39 is 18.9 Å². The number of aliphatic hydroxyl groups is 1. The molecule has 0 aromatic carbocycles. The highest BCUT2D eigenvalue weighted by molar-refractivity contribution is 8.13. The van der Waals surface area contributed by atoms with Crippen molar-refractivity contribution in [1.29, 1.82) is 5.41 Å². The SMILES string of the molecule is CSC(=O)/C(C=N)=C1\C=CC(OCC(O)C(F)(F)F)=CN1. The van der Waals surface area contributed by atoms with Gasteiger partial charge in [0.2, 0.25) is 5.12 Å². The number of alkyl halides is 3. The standard InChI is InChI=1S/C12H13F3N2O3S/c1-21-11(19)8(4-16)9-3-2-7(5-17-9)20-6-10(18)12(13,14)15/h2-5,10,16-18H,6H2,1H3/b9-8+,16-4?. The summed E-state index contributed by atoms with van der Waals surface area (Å²) in [5.74, 6) is 0.0722. The molecule has 1 aliphatic rings. The smallest absolute Gasteiger partial charge is 0.417 e. The molecule has 1 unspecified atom stereocenters. The number of nitrogens with one attached hydrogen (secondary N) is 2. The van der Waals surface area contributed by atoms with Gasteiger partial charge >= 0.3 is 6.18 Å². The maximum Gasteiger partial charge on any atom is 0.417 e. The molecule has 0 aromatic heterocycles. The zero-order chi connectivity index (χ0) is 16.0. The minimum absolute atomic E-state index is 0.0722. The summed E-state index contributed by atoms with van der Waals surface area (Å²) in [4.78, 5) is 11.5. The number of carbonyl (C=O) groups is 1. The molecule has 0 aliphatic carbocycles. The van der Waals surface area contributed by atoms with Gasteiger partial charge in [-0.15, -0.1) is 0 Å². The molecular weight excluding hydrogens is 309 g/mol. The fourth-order valence-electron chi connectivity index (χ4n) is 1.29. The van der Waals surface area contributed by atoms with Crippen molar-refractivity contribution in [2.75, 3.05) is 12.9 Å². The van der Waals surface area contributed by atoms with Crippen molar-refractivity contribution >= 4 is 23.1 Å². The van der Waals surface area contributed by atoms with Crippen LogP contribution in [0.3, 0.4) is 0 Å². The summed E-state index contributed by atoms with van der Waals surface area (Å²) in [6, 6.07) is 0. The number of dihydropyridines is 1. The minimum Gasteiger partial charge on any atom is -0.489 e. The molecule has 9 heteroatoms. The molecule has 0 saturated carbocycles. The average Bonchev–Trinajstić information content (AvgIpc) is 2.45. The van der Waals surface area contributed by atoms with E-state index in [1.807, 2.05) is 0 Å². The molecule has 1 heterocycles. The summed E-state index contributed by atoms with van der Waals surface area (Å²) < 4.78 is 41.1. The van der Waals surface area contributed by atoms with Crippen molar-refractivity contribution in [1.82, 2.24) is 5.32 Å². The Hall–Kier alpha value is -1.74. The molecule has 1 atom stereocenters. The highest BCUT2D eigenvalue weighted by Gasteiger charge is 2.38. The number of rotatable bonds is 5. The molecule has 0 aromatic rings. The van der Waals surface area contributed by atoms with E-state index >= 15 is 0 Å². The summed E-state index contributed by atoms with van der Waals surface area (Å²) in [5.41, 5.74) is 0.470. The lowest BCUT2D eigenvalue weighted by Crippen LogP contribution is -2.33. The van der Waals surface area contributed by atoms with Crippen molar-refractivity contribution in [3.63, 3.8) is 0 Å². The summed E-state index contributed by atoms with van der Waals surface area (Å²) >= 11 is 0.937. The summed E-state index contributed by atoms with van der Waals surface area (Å²) in [5, 5.41) is 18.3. The van der Waals surface area contributed by atoms with Gasteiger partial charge in [-0.05, 0) is 18.4 Å². The van der Waals surface area contributed by atoms with Gasteiger partial charge in [0.1, 0.15) is 12.4 Å². The molecule has 1 aliphatic heterocycles. The first-order valence-corrected chi connectivity index (χ1v) is 6.87. The Labute approximate surface area is 123 Å². The van der Waals surface area contributed by atoms with Crippen LogP contribution in [0.25, 0.3) is 0 Å². The Morgan fingerprint density at radius 1 is 1.57 bits per heavy atom. The first-order valence-electron chi connectivity index (χ1n) is 5.65. The second kappa shape index (κ2) is 7.32. The van der Waals surface area contributed by atoms with Crippen LogP contribution < -0.4 is 5.32 Å². The van der Waals surface area contributed by atoms with E-state index in [0.29, 0.717) is 5.70 Å². The van der Waals surface area contributed by atoms with Crippen LogP contribution in [0, 0.1) is 5.41 Å². The van der Waals surface area contributed by atoms with Crippen LogP contribution in [-0.4, -0.2) is 41.6 Å². The highest BCUT2D eigenvalue weighted by atomic mass is 32.2. The van der Waals surface area contributed by atoms with E-state index in [-0.39, 0.29) is 16.4 Å². The van der Waals surface area contributed by atoms with Crippen LogP contribution in [0.15, 0.2) is 35.4 Å². The van der Waals surface area contributed by atoms with Crippen LogP contribution >= 0.6 is 11.8 Å². The Kier molecular flexibility index (Phi) is 6.03. The Bertz CT molecular complexity index is 512. The molecule has 0 spiro atoms. The Morgan fingerprint density at radius 3 is 2.67 bits per heavy atom. The Balaban J connectivity index is 2.67. The Morgan fingerprint density at radius 2 is 2.24 bits per heavy atom. The second-order valence-electron chi connectivity index (χ2n) is 3.86. The number of hydrogen-bond acceptors (Lipinski definition) is 6. The molecule has 5 nitrogen and oxygen atoms in total. The van der Waals surface area contributed by atoms with Gasteiger partial charge in [-0.2, -0.15) is 13.2 Å². The zero-order valence-electron chi connectivity index (χ0n) is 10.9. The third-order valence-electron chi connectivity index (χ3n) is 2.41. The number of ether oxygens (including phenoxy) is 1. The van der Waals surface area contributed by atoms with Crippen molar-refractivity contribution in [2.45, 2.75) is 12.3 Å². The molecular formula is C12H13F3N2O3S. The number of allylic oxidation sites excluding steroid dienone is 2. The third kappa shape index (κ3) is 4.94. The number of aliphatic hydroxyl groups excluding tert-OH is 1. The quantitative estimate of drug-likeness (QED) is 0.530. The lowest BCUT2D eigenvalue weighted by Gasteiger charge is -2.18. The lowest BCUT2D eigenvalue weighted by atomic mass is 10.2. The molecule has 0 radical (unpaired) electrons. The monoisotopic (exact) mass is 322 g/mol. The fourth-order valence-corrected chi connectivity index (χ4v) is 1.68. The predicted molar refractivity (Wildman–Crippen MR) is 72.7 cm³/mol. The number of hydrogen-bond donors (Lipinski definition) is 3. The van der Waals surface area contributed by atoms with E-state index in [9.17, 15) is 18.0 Å². The first kappa shape index (κ1) is 17.3. The van der Waals surface area contributed by atoms with Crippen molar-refractivity contribution < 1.29 is 27.8 Å². The third-order valence-corrected chi connectivity index (χ3v) is 3.00. The van der Waals surface area contributed by atoms with Gasteiger partial charge in [0, 0.05) is 12.4 Å². The molecule has 3 N–H and O–H groups in total. The summed E-state index contributed by atoms with van der Waals surface area (Å²) in [6.07, 6.45) is -0.861. The van der Waals surface area contributed by atoms with E-state index in [0.717, 1.165) is 18.0 Å². The van der Waals surface area contributed by atoms with Gasteiger partial charge < -0.3 is 20.6 Å². The largest absolute Gasteiger partial charge is 0.489 e. The zero-order valence-corrected chi connectivity index (χ0v) is 11.7. The van der Waals surface area contributed by atoms with E-state index in [4.69, 9.17) is 15.3 Å².